The van der Waals surface area contributed by atoms with Crippen molar-refractivity contribution in [3.8, 4) is 0 Å². The highest BCUT2D eigenvalue weighted by atomic mass is 35.5. The van der Waals surface area contributed by atoms with Gasteiger partial charge < -0.3 is 5.32 Å². The normalized spacial score (nSPS) is 12.8. The van der Waals surface area contributed by atoms with Crippen LogP contribution in [0.4, 0.5) is 0 Å². The summed E-state index contributed by atoms with van der Waals surface area (Å²) in [5, 5.41) is 3.38. The van der Waals surface area contributed by atoms with Gasteiger partial charge in [-0.2, -0.15) is 0 Å². The molecule has 0 aliphatic carbocycles. The van der Waals surface area contributed by atoms with Crippen LogP contribution in [0.15, 0.2) is 23.1 Å². The van der Waals surface area contributed by atoms with Gasteiger partial charge in [0.1, 0.15) is 4.90 Å². The van der Waals surface area contributed by atoms with E-state index in [9.17, 15) is 8.42 Å². The van der Waals surface area contributed by atoms with E-state index in [0.29, 0.717) is 6.54 Å². The number of rotatable bonds is 6. The van der Waals surface area contributed by atoms with Gasteiger partial charge in [0.2, 0.25) is 10.0 Å². The van der Waals surface area contributed by atoms with Gasteiger partial charge in [-0.1, -0.05) is 24.6 Å². The molecule has 0 bridgehead atoms. The zero-order chi connectivity index (χ0) is 13.8. The Kier molecular flexibility index (Phi) is 7.93. The van der Waals surface area contributed by atoms with Crippen molar-refractivity contribution in [2.45, 2.75) is 31.7 Å². The lowest BCUT2D eigenvalue weighted by Crippen LogP contribution is -2.38. The molecule has 1 atom stereocenters. The summed E-state index contributed by atoms with van der Waals surface area (Å²) >= 11 is 5.96. The van der Waals surface area contributed by atoms with Crippen LogP contribution in [0.1, 0.15) is 19.4 Å². The molecule has 110 valence electrons. The molecule has 19 heavy (non-hydrogen) atoms. The molecule has 0 aliphatic rings. The summed E-state index contributed by atoms with van der Waals surface area (Å²) < 4.78 is 26.6. The Balaban J connectivity index is 0.00000324. The third kappa shape index (κ3) is 5.67. The molecule has 0 saturated carbocycles. The zero-order valence-electron chi connectivity index (χ0n) is 11.2. The summed E-state index contributed by atoms with van der Waals surface area (Å²) in [5.41, 5.74) is 0.931. The number of likely N-dealkylation sites (N-methyl/N-ethyl adjacent to an activating group) is 1. The van der Waals surface area contributed by atoms with E-state index in [1.165, 1.54) is 6.07 Å². The molecule has 0 saturated heterocycles. The van der Waals surface area contributed by atoms with E-state index in [-0.39, 0.29) is 28.4 Å². The van der Waals surface area contributed by atoms with E-state index in [1.54, 1.807) is 12.1 Å². The molecule has 0 heterocycles. The van der Waals surface area contributed by atoms with Gasteiger partial charge in [-0.3, -0.25) is 0 Å². The first-order chi connectivity index (χ1) is 8.36. The van der Waals surface area contributed by atoms with Gasteiger partial charge in [0.05, 0.1) is 5.02 Å². The Morgan fingerprint density at radius 1 is 1.37 bits per heavy atom. The van der Waals surface area contributed by atoms with Crippen LogP contribution in [0.2, 0.25) is 5.02 Å². The third-order valence-corrected chi connectivity index (χ3v) is 4.42. The first-order valence-corrected chi connectivity index (χ1v) is 7.72. The number of hydrogen-bond donors (Lipinski definition) is 2. The molecule has 0 amide bonds. The monoisotopic (exact) mass is 326 g/mol. The van der Waals surface area contributed by atoms with Crippen LogP contribution in [0.25, 0.3) is 0 Å². The minimum absolute atomic E-state index is 0. The Morgan fingerprint density at radius 2 is 2.00 bits per heavy atom. The van der Waals surface area contributed by atoms with Gasteiger partial charge in [-0.15, -0.1) is 12.4 Å². The Bertz CT molecular complexity index is 506. The molecule has 0 spiro atoms. The standard InChI is InChI=1S/C12H19ClN2O2S.ClH/c1-4-14-10(3)8-15-18(16,17)12-6-5-9(2)7-11(12)13;/h5-7,10,14-15H,4,8H2,1-3H3;1H/t10-;/m1./s1. The Hall–Kier alpha value is -0.330. The lowest BCUT2D eigenvalue weighted by atomic mass is 10.2. The molecular formula is C12H20Cl2N2O2S. The van der Waals surface area contributed by atoms with E-state index in [4.69, 9.17) is 11.6 Å². The predicted molar refractivity (Wildman–Crippen MR) is 81.8 cm³/mol. The number of halogens is 2. The number of hydrogen-bond acceptors (Lipinski definition) is 3. The maximum absolute atomic E-state index is 12.0. The lowest BCUT2D eigenvalue weighted by Gasteiger charge is -2.14. The zero-order valence-corrected chi connectivity index (χ0v) is 13.6. The summed E-state index contributed by atoms with van der Waals surface area (Å²) in [6, 6.07) is 4.98. The molecule has 0 fully saturated rings. The summed E-state index contributed by atoms with van der Waals surface area (Å²) in [4.78, 5) is 0.124. The average Bonchev–Trinajstić information content (AvgIpc) is 2.26. The molecule has 7 heteroatoms. The van der Waals surface area contributed by atoms with Crippen molar-refractivity contribution < 1.29 is 8.42 Å². The van der Waals surface area contributed by atoms with Gasteiger partial charge in [-0.25, -0.2) is 13.1 Å². The molecular weight excluding hydrogens is 307 g/mol. The summed E-state index contributed by atoms with van der Waals surface area (Å²) in [5.74, 6) is 0. The van der Waals surface area contributed by atoms with Crippen molar-refractivity contribution in [2.24, 2.45) is 0 Å². The second kappa shape index (κ2) is 8.07. The molecule has 1 aromatic rings. The van der Waals surface area contributed by atoms with E-state index in [1.807, 2.05) is 20.8 Å². The van der Waals surface area contributed by atoms with Crippen LogP contribution < -0.4 is 10.0 Å². The van der Waals surface area contributed by atoms with Crippen LogP contribution in [-0.2, 0) is 10.0 Å². The fraction of sp³-hybridized carbons (Fsp3) is 0.500. The molecule has 1 rings (SSSR count). The van der Waals surface area contributed by atoms with Gasteiger partial charge in [0.15, 0.2) is 0 Å². The number of aryl methyl sites for hydroxylation is 1. The SMILES string of the molecule is CCN[C@H](C)CNS(=O)(=O)c1ccc(C)cc1Cl.Cl. The minimum atomic E-state index is -3.54. The van der Waals surface area contributed by atoms with Crippen molar-refractivity contribution in [3.63, 3.8) is 0 Å². The average molecular weight is 327 g/mol. The van der Waals surface area contributed by atoms with Gasteiger partial charge >= 0.3 is 0 Å². The molecule has 0 aromatic heterocycles. The Morgan fingerprint density at radius 3 is 2.53 bits per heavy atom. The van der Waals surface area contributed by atoms with Crippen LogP contribution in [0.5, 0.6) is 0 Å². The summed E-state index contributed by atoms with van der Waals surface area (Å²) in [7, 11) is -3.54. The molecule has 4 nitrogen and oxygen atoms in total. The topological polar surface area (TPSA) is 58.2 Å². The van der Waals surface area contributed by atoms with Crippen molar-refractivity contribution in [3.05, 3.63) is 28.8 Å². The highest BCUT2D eigenvalue weighted by Gasteiger charge is 2.18. The Labute approximate surface area is 126 Å². The lowest BCUT2D eigenvalue weighted by molar-refractivity contribution is 0.536. The predicted octanol–water partition coefficient (Wildman–Crippen LogP) is 2.35. The molecule has 0 radical (unpaired) electrons. The van der Waals surface area contributed by atoms with Crippen LogP contribution in [-0.4, -0.2) is 27.5 Å². The first kappa shape index (κ1) is 18.7. The largest absolute Gasteiger partial charge is 0.313 e. The third-order valence-electron chi connectivity index (χ3n) is 2.51. The van der Waals surface area contributed by atoms with Gasteiger partial charge in [0.25, 0.3) is 0 Å². The maximum atomic E-state index is 12.0. The minimum Gasteiger partial charge on any atom is -0.313 e. The maximum Gasteiger partial charge on any atom is 0.242 e. The van der Waals surface area contributed by atoms with Crippen molar-refractivity contribution in [1.29, 1.82) is 0 Å². The van der Waals surface area contributed by atoms with Crippen molar-refractivity contribution in [2.75, 3.05) is 13.1 Å². The number of benzene rings is 1. The van der Waals surface area contributed by atoms with E-state index >= 15 is 0 Å². The second-order valence-electron chi connectivity index (χ2n) is 4.24. The second-order valence-corrected chi connectivity index (χ2v) is 6.39. The van der Waals surface area contributed by atoms with Crippen molar-refractivity contribution in [1.82, 2.24) is 10.0 Å². The molecule has 0 unspecified atom stereocenters. The highest BCUT2D eigenvalue weighted by Crippen LogP contribution is 2.22. The summed E-state index contributed by atoms with van der Waals surface area (Å²) in [6.45, 7) is 6.89. The number of nitrogens with one attached hydrogen (secondary N) is 2. The van der Waals surface area contributed by atoms with Gasteiger partial charge in [-0.05, 0) is 38.1 Å². The van der Waals surface area contributed by atoms with Gasteiger partial charge in [0, 0.05) is 12.6 Å². The first-order valence-electron chi connectivity index (χ1n) is 5.86. The quantitative estimate of drug-likeness (QED) is 0.843. The van der Waals surface area contributed by atoms with Crippen LogP contribution in [0, 0.1) is 6.92 Å². The molecule has 1 aromatic carbocycles. The van der Waals surface area contributed by atoms with E-state index in [0.717, 1.165) is 12.1 Å². The molecule has 0 aliphatic heterocycles. The van der Waals surface area contributed by atoms with E-state index < -0.39 is 10.0 Å². The number of sulfonamides is 1. The fourth-order valence-electron chi connectivity index (χ4n) is 1.56. The highest BCUT2D eigenvalue weighted by molar-refractivity contribution is 7.89. The van der Waals surface area contributed by atoms with Crippen molar-refractivity contribution >= 4 is 34.0 Å². The van der Waals surface area contributed by atoms with Crippen LogP contribution >= 0.6 is 24.0 Å². The summed E-state index contributed by atoms with van der Waals surface area (Å²) in [6.07, 6.45) is 0. The van der Waals surface area contributed by atoms with E-state index in [2.05, 4.69) is 10.0 Å². The smallest absolute Gasteiger partial charge is 0.242 e. The molecule has 2 N–H and O–H groups in total. The fourth-order valence-corrected chi connectivity index (χ4v) is 3.28. The van der Waals surface area contributed by atoms with Crippen LogP contribution in [0.3, 0.4) is 0 Å².